The number of hydrogen-bond acceptors (Lipinski definition) is 2. The summed E-state index contributed by atoms with van der Waals surface area (Å²) in [6, 6.07) is 13.0. The van der Waals surface area contributed by atoms with E-state index in [1.54, 1.807) is 16.7 Å². The average molecular weight is 303 g/mol. The van der Waals surface area contributed by atoms with Gasteiger partial charge >= 0.3 is 0 Å². The van der Waals surface area contributed by atoms with Gasteiger partial charge in [0.2, 0.25) is 0 Å². The summed E-state index contributed by atoms with van der Waals surface area (Å²) >= 11 is 3.40. The van der Waals surface area contributed by atoms with E-state index < -0.39 is 0 Å². The van der Waals surface area contributed by atoms with E-state index in [-0.39, 0.29) is 11.1 Å². The monoisotopic (exact) mass is 302 g/mol. The Morgan fingerprint density at radius 3 is 2.78 bits per heavy atom. The third-order valence-electron chi connectivity index (χ3n) is 2.74. The van der Waals surface area contributed by atoms with Crippen molar-refractivity contribution in [1.82, 2.24) is 4.57 Å². The predicted molar refractivity (Wildman–Crippen MR) is 73.4 cm³/mol. The minimum atomic E-state index is -0.238. The molecule has 0 spiro atoms. The molecule has 0 saturated carbocycles. The summed E-state index contributed by atoms with van der Waals surface area (Å²) in [5.74, 6) is 0. The molecule has 0 radical (unpaired) electrons. The average Bonchev–Trinajstić information content (AvgIpc) is 2.35. The van der Waals surface area contributed by atoms with Crippen molar-refractivity contribution in [3.8, 4) is 6.07 Å². The van der Waals surface area contributed by atoms with Crippen LogP contribution in [0.1, 0.15) is 16.8 Å². The van der Waals surface area contributed by atoms with Crippen molar-refractivity contribution < 1.29 is 0 Å². The van der Waals surface area contributed by atoms with Crippen LogP contribution in [0.4, 0.5) is 0 Å². The summed E-state index contributed by atoms with van der Waals surface area (Å²) in [6.45, 7) is 2.33. The SMILES string of the molecule is Cc1ccc(C#N)c(=O)n1Cc1cccc(Br)c1. The highest BCUT2D eigenvalue weighted by atomic mass is 79.9. The molecule has 1 heterocycles. The molecule has 1 aromatic carbocycles. The van der Waals surface area contributed by atoms with Gasteiger partial charge in [-0.05, 0) is 36.8 Å². The second kappa shape index (κ2) is 5.19. The van der Waals surface area contributed by atoms with Crippen molar-refractivity contribution in [2.75, 3.05) is 0 Å². The normalized spacial score (nSPS) is 10.1. The molecule has 0 bridgehead atoms. The highest BCUT2D eigenvalue weighted by molar-refractivity contribution is 9.10. The highest BCUT2D eigenvalue weighted by Gasteiger charge is 2.06. The number of rotatable bonds is 2. The van der Waals surface area contributed by atoms with Crippen molar-refractivity contribution >= 4 is 15.9 Å². The van der Waals surface area contributed by atoms with Crippen molar-refractivity contribution in [3.05, 3.63) is 68.0 Å². The van der Waals surface area contributed by atoms with Crippen LogP contribution in [-0.2, 0) is 6.54 Å². The molecule has 2 aromatic rings. The molecule has 18 heavy (non-hydrogen) atoms. The van der Waals surface area contributed by atoms with Gasteiger partial charge in [-0.1, -0.05) is 28.1 Å². The predicted octanol–water partition coefficient (Wildman–Crippen LogP) is 2.84. The van der Waals surface area contributed by atoms with Gasteiger partial charge in [-0.15, -0.1) is 0 Å². The number of aromatic nitrogens is 1. The van der Waals surface area contributed by atoms with E-state index in [1.165, 1.54) is 0 Å². The van der Waals surface area contributed by atoms with E-state index in [0.717, 1.165) is 15.7 Å². The lowest BCUT2D eigenvalue weighted by Crippen LogP contribution is -2.24. The van der Waals surface area contributed by atoms with Crippen LogP contribution in [0.2, 0.25) is 0 Å². The third-order valence-corrected chi connectivity index (χ3v) is 3.24. The molecule has 0 atom stereocenters. The Labute approximate surface area is 113 Å². The Morgan fingerprint density at radius 2 is 2.11 bits per heavy atom. The summed E-state index contributed by atoms with van der Waals surface area (Å²) < 4.78 is 2.59. The minimum Gasteiger partial charge on any atom is -0.307 e. The Balaban J connectivity index is 2.47. The van der Waals surface area contributed by atoms with Gasteiger partial charge in [-0.3, -0.25) is 4.79 Å². The Hall–Kier alpha value is -1.86. The van der Waals surface area contributed by atoms with Crippen LogP contribution in [-0.4, -0.2) is 4.57 Å². The number of hydrogen-bond donors (Lipinski definition) is 0. The maximum atomic E-state index is 12.0. The zero-order chi connectivity index (χ0) is 13.1. The number of pyridine rings is 1. The van der Waals surface area contributed by atoms with Crippen LogP contribution < -0.4 is 5.56 Å². The molecule has 0 unspecified atom stereocenters. The van der Waals surface area contributed by atoms with Crippen LogP contribution in [0.25, 0.3) is 0 Å². The first-order chi connectivity index (χ1) is 8.61. The highest BCUT2D eigenvalue weighted by Crippen LogP contribution is 2.13. The van der Waals surface area contributed by atoms with E-state index in [4.69, 9.17) is 5.26 Å². The van der Waals surface area contributed by atoms with E-state index in [1.807, 2.05) is 37.3 Å². The Kier molecular flexibility index (Phi) is 3.63. The number of nitrogens with zero attached hydrogens (tertiary/aromatic N) is 2. The molecule has 90 valence electrons. The lowest BCUT2D eigenvalue weighted by atomic mass is 10.2. The van der Waals surface area contributed by atoms with Crippen molar-refractivity contribution in [2.45, 2.75) is 13.5 Å². The molecule has 1 aromatic heterocycles. The van der Waals surface area contributed by atoms with Crippen LogP contribution >= 0.6 is 15.9 Å². The fourth-order valence-corrected chi connectivity index (χ4v) is 2.22. The molecular weight excluding hydrogens is 292 g/mol. The molecule has 0 N–H and O–H groups in total. The van der Waals surface area contributed by atoms with Gasteiger partial charge in [-0.2, -0.15) is 5.26 Å². The number of aryl methyl sites for hydroxylation is 1. The van der Waals surface area contributed by atoms with Gasteiger partial charge in [0, 0.05) is 10.2 Å². The van der Waals surface area contributed by atoms with Crippen molar-refractivity contribution in [1.29, 1.82) is 5.26 Å². The summed E-state index contributed by atoms with van der Waals surface area (Å²) in [5, 5.41) is 8.87. The second-order valence-corrected chi connectivity index (χ2v) is 4.94. The molecule has 0 aliphatic carbocycles. The van der Waals surface area contributed by atoms with Crippen LogP contribution in [0.3, 0.4) is 0 Å². The van der Waals surface area contributed by atoms with Gasteiger partial charge in [-0.25, -0.2) is 0 Å². The summed E-state index contributed by atoms with van der Waals surface area (Å²) in [6.07, 6.45) is 0. The fraction of sp³-hybridized carbons (Fsp3) is 0.143. The molecule has 0 saturated heterocycles. The lowest BCUT2D eigenvalue weighted by molar-refractivity contribution is 0.727. The van der Waals surface area contributed by atoms with Crippen LogP contribution in [0.15, 0.2) is 45.7 Å². The van der Waals surface area contributed by atoms with E-state index in [0.29, 0.717) is 6.54 Å². The Bertz CT molecular complexity index is 683. The summed E-state index contributed by atoms with van der Waals surface area (Å²) in [4.78, 5) is 12.0. The molecule has 0 aliphatic heterocycles. The minimum absolute atomic E-state index is 0.176. The maximum absolute atomic E-state index is 12.0. The zero-order valence-electron chi connectivity index (χ0n) is 9.85. The molecule has 0 amide bonds. The largest absolute Gasteiger partial charge is 0.307 e. The van der Waals surface area contributed by atoms with Gasteiger partial charge in [0.25, 0.3) is 5.56 Å². The molecule has 3 nitrogen and oxygen atoms in total. The number of benzene rings is 1. The molecule has 4 heteroatoms. The van der Waals surface area contributed by atoms with Crippen LogP contribution in [0.5, 0.6) is 0 Å². The maximum Gasteiger partial charge on any atom is 0.268 e. The van der Waals surface area contributed by atoms with E-state index >= 15 is 0 Å². The van der Waals surface area contributed by atoms with Crippen molar-refractivity contribution in [2.24, 2.45) is 0 Å². The zero-order valence-corrected chi connectivity index (χ0v) is 11.4. The van der Waals surface area contributed by atoms with Gasteiger partial charge in [0.15, 0.2) is 0 Å². The molecule has 2 rings (SSSR count). The van der Waals surface area contributed by atoms with E-state index in [9.17, 15) is 4.79 Å². The van der Waals surface area contributed by atoms with Crippen molar-refractivity contribution in [3.63, 3.8) is 0 Å². The molecule has 0 fully saturated rings. The topological polar surface area (TPSA) is 45.8 Å². The lowest BCUT2D eigenvalue weighted by Gasteiger charge is -2.10. The summed E-state index contributed by atoms with van der Waals surface area (Å²) in [7, 11) is 0. The van der Waals surface area contributed by atoms with E-state index in [2.05, 4.69) is 15.9 Å². The summed E-state index contributed by atoms with van der Waals surface area (Å²) in [5.41, 5.74) is 1.80. The van der Waals surface area contributed by atoms with Gasteiger partial charge in [0.1, 0.15) is 11.6 Å². The standard InChI is InChI=1S/C14H11BrN2O/c1-10-5-6-12(8-16)14(18)17(10)9-11-3-2-4-13(15)7-11/h2-7H,9H2,1H3. The van der Waals surface area contributed by atoms with Crippen LogP contribution in [0, 0.1) is 18.3 Å². The first kappa shape index (κ1) is 12.6. The quantitative estimate of drug-likeness (QED) is 0.856. The number of halogens is 1. The molecular formula is C14H11BrN2O. The second-order valence-electron chi connectivity index (χ2n) is 4.02. The smallest absolute Gasteiger partial charge is 0.268 e. The fourth-order valence-electron chi connectivity index (χ4n) is 1.77. The first-order valence-corrected chi connectivity index (χ1v) is 6.26. The Morgan fingerprint density at radius 1 is 1.33 bits per heavy atom. The number of nitriles is 1. The third kappa shape index (κ3) is 2.52. The van der Waals surface area contributed by atoms with Gasteiger partial charge in [0.05, 0.1) is 6.54 Å². The van der Waals surface area contributed by atoms with Gasteiger partial charge < -0.3 is 4.57 Å². The first-order valence-electron chi connectivity index (χ1n) is 5.47. The molecule has 0 aliphatic rings.